The van der Waals surface area contributed by atoms with Gasteiger partial charge in [0.05, 0.1) is 11.9 Å². The number of carbonyl (C=O) groups excluding carboxylic acids is 1. The van der Waals surface area contributed by atoms with Gasteiger partial charge in [-0.2, -0.15) is 5.10 Å². The van der Waals surface area contributed by atoms with E-state index < -0.39 is 0 Å². The molecule has 1 saturated carbocycles. The molecule has 0 unspecified atom stereocenters. The Balaban J connectivity index is 2.27. The number of nitrogens with zero attached hydrogens (tertiary/aromatic N) is 3. The molecule has 1 fully saturated rings. The minimum absolute atomic E-state index is 0.0377. The smallest absolute Gasteiger partial charge is 0.274 e. The number of nitrogens with two attached hydrogens (primary N) is 1. The van der Waals surface area contributed by atoms with E-state index in [1.54, 1.807) is 10.8 Å². The van der Waals surface area contributed by atoms with Crippen molar-refractivity contribution in [1.29, 1.82) is 0 Å². The first kappa shape index (κ1) is 11.7. The molecule has 0 spiro atoms. The Bertz CT molecular complexity index is 434. The summed E-state index contributed by atoms with van der Waals surface area (Å²) in [5.74, 6) is -0.0377. The molecule has 17 heavy (non-hydrogen) atoms. The average Bonchev–Trinajstić information content (AvgIpc) is 3.08. The van der Waals surface area contributed by atoms with E-state index in [-0.39, 0.29) is 5.91 Å². The molecular weight excluding hydrogens is 216 g/mol. The molecule has 0 radical (unpaired) electrons. The Kier molecular flexibility index (Phi) is 3.17. The first-order valence-corrected chi connectivity index (χ1v) is 5.92. The van der Waals surface area contributed by atoms with E-state index in [0.29, 0.717) is 30.5 Å². The largest absolute Gasteiger partial charge is 0.396 e. The SMILES string of the molecule is C=CCN(C(=O)c1c(N)cnn1CC)C1CC1. The molecule has 1 heterocycles. The van der Waals surface area contributed by atoms with Gasteiger partial charge < -0.3 is 10.6 Å². The van der Waals surface area contributed by atoms with Gasteiger partial charge in [-0.1, -0.05) is 6.08 Å². The zero-order valence-corrected chi connectivity index (χ0v) is 10.1. The lowest BCUT2D eigenvalue weighted by Gasteiger charge is -2.21. The van der Waals surface area contributed by atoms with Gasteiger partial charge in [-0.15, -0.1) is 6.58 Å². The van der Waals surface area contributed by atoms with Crippen LogP contribution in [0.1, 0.15) is 30.3 Å². The van der Waals surface area contributed by atoms with Crippen LogP contribution in [0.25, 0.3) is 0 Å². The van der Waals surface area contributed by atoms with E-state index in [2.05, 4.69) is 11.7 Å². The molecule has 2 rings (SSSR count). The van der Waals surface area contributed by atoms with Gasteiger partial charge in [0, 0.05) is 19.1 Å². The maximum Gasteiger partial charge on any atom is 0.274 e. The highest BCUT2D eigenvalue weighted by atomic mass is 16.2. The van der Waals surface area contributed by atoms with E-state index >= 15 is 0 Å². The maximum absolute atomic E-state index is 12.4. The second-order valence-electron chi connectivity index (χ2n) is 4.24. The predicted molar refractivity (Wildman–Crippen MR) is 66.6 cm³/mol. The van der Waals surface area contributed by atoms with Crippen molar-refractivity contribution in [2.45, 2.75) is 32.4 Å². The van der Waals surface area contributed by atoms with Gasteiger partial charge in [-0.05, 0) is 19.8 Å². The van der Waals surface area contributed by atoms with Crippen molar-refractivity contribution in [3.8, 4) is 0 Å². The van der Waals surface area contributed by atoms with Gasteiger partial charge in [0.25, 0.3) is 5.91 Å². The maximum atomic E-state index is 12.4. The summed E-state index contributed by atoms with van der Waals surface area (Å²) >= 11 is 0. The van der Waals surface area contributed by atoms with Crippen LogP contribution in [0.2, 0.25) is 0 Å². The number of aromatic nitrogens is 2. The molecule has 0 aliphatic heterocycles. The first-order chi connectivity index (χ1) is 8.19. The molecule has 0 atom stereocenters. The van der Waals surface area contributed by atoms with E-state index in [9.17, 15) is 4.79 Å². The zero-order valence-electron chi connectivity index (χ0n) is 10.1. The lowest BCUT2D eigenvalue weighted by Crippen LogP contribution is -2.35. The van der Waals surface area contributed by atoms with Crippen LogP contribution in [-0.4, -0.2) is 33.2 Å². The van der Waals surface area contributed by atoms with Crippen molar-refractivity contribution in [2.24, 2.45) is 0 Å². The van der Waals surface area contributed by atoms with Gasteiger partial charge in [-0.25, -0.2) is 0 Å². The Labute approximate surface area is 101 Å². The van der Waals surface area contributed by atoms with Crippen LogP contribution in [0.5, 0.6) is 0 Å². The van der Waals surface area contributed by atoms with Crippen molar-refractivity contribution in [2.75, 3.05) is 12.3 Å². The summed E-state index contributed by atoms with van der Waals surface area (Å²) in [5.41, 5.74) is 6.77. The lowest BCUT2D eigenvalue weighted by molar-refractivity contribution is 0.0751. The number of carbonyl (C=O) groups is 1. The molecule has 0 aromatic carbocycles. The third-order valence-corrected chi connectivity index (χ3v) is 2.94. The van der Waals surface area contributed by atoms with Crippen molar-refractivity contribution in [3.05, 3.63) is 24.5 Å². The number of anilines is 1. The van der Waals surface area contributed by atoms with Crippen LogP contribution < -0.4 is 5.73 Å². The predicted octanol–water partition coefficient (Wildman–Crippen LogP) is 1.28. The molecule has 1 aromatic heterocycles. The molecule has 1 aliphatic carbocycles. The van der Waals surface area contributed by atoms with Gasteiger partial charge >= 0.3 is 0 Å². The van der Waals surface area contributed by atoms with E-state index in [1.165, 1.54) is 6.20 Å². The van der Waals surface area contributed by atoms with Crippen LogP contribution in [0.15, 0.2) is 18.9 Å². The average molecular weight is 234 g/mol. The molecular formula is C12H18N4O. The topological polar surface area (TPSA) is 64.2 Å². The highest BCUT2D eigenvalue weighted by Gasteiger charge is 2.34. The molecule has 0 saturated heterocycles. The fourth-order valence-corrected chi connectivity index (χ4v) is 1.93. The molecule has 1 aliphatic rings. The minimum atomic E-state index is -0.0377. The van der Waals surface area contributed by atoms with E-state index in [4.69, 9.17) is 5.73 Å². The third kappa shape index (κ3) is 2.18. The van der Waals surface area contributed by atoms with E-state index in [0.717, 1.165) is 12.8 Å². The molecule has 5 nitrogen and oxygen atoms in total. The normalized spacial score (nSPS) is 14.6. The van der Waals surface area contributed by atoms with Crippen molar-refractivity contribution >= 4 is 11.6 Å². The number of amides is 1. The van der Waals surface area contributed by atoms with Crippen LogP contribution in [0.3, 0.4) is 0 Å². The lowest BCUT2D eigenvalue weighted by atomic mass is 10.3. The second kappa shape index (κ2) is 4.61. The Morgan fingerprint density at radius 1 is 1.76 bits per heavy atom. The first-order valence-electron chi connectivity index (χ1n) is 5.92. The quantitative estimate of drug-likeness (QED) is 0.780. The molecule has 1 aromatic rings. The number of aryl methyl sites for hydroxylation is 1. The van der Waals surface area contributed by atoms with E-state index in [1.807, 2.05) is 11.8 Å². The fraction of sp³-hybridized carbons (Fsp3) is 0.500. The highest BCUT2D eigenvalue weighted by Crippen LogP contribution is 2.29. The molecule has 1 amide bonds. The number of hydrogen-bond donors (Lipinski definition) is 1. The second-order valence-corrected chi connectivity index (χ2v) is 4.24. The Hall–Kier alpha value is -1.78. The van der Waals surface area contributed by atoms with Crippen LogP contribution in [-0.2, 0) is 6.54 Å². The van der Waals surface area contributed by atoms with Crippen molar-refractivity contribution in [1.82, 2.24) is 14.7 Å². The van der Waals surface area contributed by atoms with Gasteiger partial charge in [0.2, 0.25) is 0 Å². The highest BCUT2D eigenvalue weighted by molar-refractivity contribution is 5.97. The molecule has 5 heteroatoms. The van der Waals surface area contributed by atoms with Gasteiger partial charge in [0.15, 0.2) is 0 Å². The fourth-order valence-electron chi connectivity index (χ4n) is 1.93. The monoisotopic (exact) mass is 234 g/mol. The number of nitrogen functional groups attached to an aromatic ring is 1. The summed E-state index contributed by atoms with van der Waals surface area (Å²) in [7, 11) is 0. The van der Waals surface area contributed by atoms with Gasteiger partial charge in [0.1, 0.15) is 5.69 Å². The van der Waals surface area contributed by atoms with Gasteiger partial charge in [-0.3, -0.25) is 9.48 Å². The van der Waals surface area contributed by atoms with Crippen molar-refractivity contribution in [3.63, 3.8) is 0 Å². The Morgan fingerprint density at radius 2 is 2.47 bits per heavy atom. The molecule has 0 bridgehead atoms. The zero-order chi connectivity index (χ0) is 12.4. The summed E-state index contributed by atoms with van der Waals surface area (Å²) in [6.45, 7) is 6.85. The molecule has 92 valence electrons. The summed E-state index contributed by atoms with van der Waals surface area (Å²) in [6.07, 6.45) is 5.42. The standard InChI is InChI=1S/C12H18N4O/c1-3-7-15(9-5-6-9)12(17)11-10(13)8-14-16(11)4-2/h3,8-9H,1,4-7,13H2,2H3. The van der Waals surface area contributed by atoms with Crippen LogP contribution in [0, 0.1) is 0 Å². The van der Waals surface area contributed by atoms with Crippen molar-refractivity contribution < 1.29 is 4.79 Å². The summed E-state index contributed by atoms with van der Waals surface area (Å²) in [5, 5.41) is 4.10. The minimum Gasteiger partial charge on any atom is -0.396 e. The summed E-state index contributed by atoms with van der Waals surface area (Å²) in [6, 6.07) is 0.347. The third-order valence-electron chi connectivity index (χ3n) is 2.94. The number of rotatable bonds is 5. The Morgan fingerprint density at radius 3 is 3.00 bits per heavy atom. The summed E-state index contributed by atoms with van der Waals surface area (Å²) < 4.78 is 1.65. The van der Waals surface area contributed by atoms with Crippen LogP contribution >= 0.6 is 0 Å². The summed E-state index contributed by atoms with van der Waals surface area (Å²) in [4.78, 5) is 14.2. The number of hydrogen-bond acceptors (Lipinski definition) is 3. The van der Waals surface area contributed by atoms with Crippen LogP contribution in [0.4, 0.5) is 5.69 Å². The molecule has 2 N–H and O–H groups in total.